The van der Waals surface area contributed by atoms with Crippen LogP contribution >= 0.6 is 0 Å². The summed E-state index contributed by atoms with van der Waals surface area (Å²) in [5.74, 6) is 0.194. The number of aromatic nitrogens is 1. The first-order valence-electron chi connectivity index (χ1n) is 7.99. The van der Waals surface area contributed by atoms with Crippen molar-refractivity contribution in [3.63, 3.8) is 0 Å². The fraction of sp³-hybridized carbons (Fsp3) is 0.625. The van der Waals surface area contributed by atoms with Crippen molar-refractivity contribution in [1.29, 1.82) is 0 Å². The molecule has 1 aromatic rings. The van der Waals surface area contributed by atoms with Crippen LogP contribution in [0.2, 0.25) is 0 Å². The topological polar surface area (TPSA) is 57.3 Å². The molecule has 0 radical (unpaired) electrons. The number of hydrogen-bond donors (Lipinski definition) is 2. The summed E-state index contributed by atoms with van der Waals surface area (Å²) in [6.07, 6.45) is 8.87. The van der Waals surface area contributed by atoms with Gasteiger partial charge in [-0.1, -0.05) is 0 Å². The molecule has 0 atom stereocenters. The lowest BCUT2D eigenvalue weighted by atomic mass is 10.0. The quantitative estimate of drug-likeness (QED) is 0.828. The summed E-state index contributed by atoms with van der Waals surface area (Å²) in [6.45, 7) is 2.92. The smallest absolute Gasteiger partial charge is 0.221 e. The Hall–Kier alpha value is -1.62. The Bertz CT molecular complexity index is 453. The molecule has 1 aliphatic carbocycles. The van der Waals surface area contributed by atoms with E-state index in [1.807, 2.05) is 12.4 Å². The maximum absolute atomic E-state index is 11.6. The molecular formula is C16H24N4O. The molecule has 2 fully saturated rings. The van der Waals surface area contributed by atoms with E-state index in [9.17, 15) is 4.79 Å². The Morgan fingerprint density at radius 3 is 2.52 bits per heavy atom. The lowest BCUT2D eigenvalue weighted by Crippen LogP contribution is -2.43. The third-order valence-electron chi connectivity index (χ3n) is 4.25. The van der Waals surface area contributed by atoms with Crippen LogP contribution in [0.25, 0.3) is 0 Å². The molecule has 5 nitrogen and oxygen atoms in total. The van der Waals surface area contributed by atoms with E-state index in [0.29, 0.717) is 18.5 Å². The number of carbonyl (C=O) groups excluding carboxylic acids is 1. The van der Waals surface area contributed by atoms with E-state index >= 15 is 0 Å². The molecule has 1 saturated carbocycles. The zero-order valence-electron chi connectivity index (χ0n) is 12.4. The van der Waals surface area contributed by atoms with E-state index < -0.39 is 0 Å². The Labute approximate surface area is 126 Å². The number of pyridine rings is 1. The minimum Gasteiger partial charge on any atom is -0.371 e. The number of hydrogen-bond acceptors (Lipinski definition) is 4. The number of nitrogens with one attached hydrogen (secondary N) is 2. The fourth-order valence-corrected chi connectivity index (χ4v) is 2.81. The minimum absolute atomic E-state index is 0.194. The molecule has 0 aromatic carbocycles. The first-order valence-corrected chi connectivity index (χ1v) is 7.99. The van der Waals surface area contributed by atoms with Gasteiger partial charge in [0, 0.05) is 56.2 Å². The molecule has 3 rings (SSSR count). The monoisotopic (exact) mass is 288 g/mol. The van der Waals surface area contributed by atoms with E-state index in [1.54, 1.807) is 0 Å². The van der Waals surface area contributed by atoms with Crippen LogP contribution in [0.4, 0.5) is 5.69 Å². The van der Waals surface area contributed by atoms with Crippen molar-refractivity contribution in [1.82, 2.24) is 15.6 Å². The van der Waals surface area contributed by atoms with Gasteiger partial charge in [-0.3, -0.25) is 9.78 Å². The maximum Gasteiger partial charge on any atom is 0.221 e. The third kappa shape index (κ3) is 4.43. The van der Waals surface area contributed by atoms with Crippen molar-refractivity contribution in [2.75, 3.05) is 24.5 Å². The average Bonchev–Trinajstić information content (AvgIpc) is 3.33. The van der Waals surface area contributed by atoms with Gasteiger partial charge in [-0.2, -0.15) is 0 Å². The van der Waals surface area contributed by atoms with Gasteiger partial charge in [0.15, 0.2) is 0 Å². The van der Waals surface area contributed by atoms with Crippen LogP contribution in [0.3, 0.4) is 0 Å². The summed E-state index contributed by atoms with van der Waals surface area (Å²) in [7, 11) is 0. The average molecular weight is 288 g/mol. The first kappa shape index (κ1) is 14.3. The Kier molecular flexibility index (Phi) is 4.70. The van der Waals surface area contributed by atoms with Crippen LogP contribution in [-0.4, -0.2) is 42.6 Å². The molecule has 2 N–H and O–H groups in total. The van der Waals surface area contributed by atoms with Crippen LogP contribution in [-0.2, 0) is 4.79 Å². The summed E-state index contributed by atoms with van der Waals surface area (Å²) in [6, 6.07) is 5.14. The number of nitrogens with zero attached hydrogens (tertiary/aromatic N) is 2. The molecule has 0 bridgehead atoms. The molecule has 1 aliphatic heterocycles. The second kappa shape index (κ2) is 6.89. The van der Waals surface area contributed by atoms with Crippen molar-refractivity contribution < 1.29 is 4.79 Å². The maximum atomic E-state index is 11.6. The molecule has 1 amide bonds. The van der Waals surface area contributed by atoms with Gasteiger partial charge in [-0.15, -0.1) is 0 Å². The molecule has 114 valence electrons. The summed E-state index contributed by atoms with van der Waals surface area (Å²) >= 11 is 0. The number of amides is 1. The lowest BCUT2D eigenvalue weighted by molar-refractivity contribution is -0.121. The van der Waals surface area contributed by atoms with Gasteiger partial charge in [0.1, 0.15) is 0 Å². The van der Waals surface area contributed by atoms with Crippen molar-refractivity contribution in [2.24, 2.45) is 0 Å². The normalized spacial score (nSPS) is 19.5. The molecule has 0 unspecified atom stereocenters. The van der Waals surface area contributed by atoms with Crippen molar-refractivity contribution in [3.8, 4) is 0 Å². The Balaban J connectivity index is 1.33. The highest BCUT2D eigenvalue weighted by molar-refractivity contribution is 5.76. The minimum atomic E-state index is 0.194. The van der Waals surface area contributed by atoms with Crippen LogP contribution in [0.1, 0.15) is 32.1 Å². The summed E-state index contributed by atoms with van der Waals surface area (Å²) in [5.41, 5.74) is 1.26. The molecule has 2 heterocycles. The number of piperidine rings is 1. The van der Waals surface area contributed by atoms with E-state index in [-0.39, 0.29) is 5.91 Å². The van der Waals surface area contributed by atoms with Gasteiger partial charge in [-0.05, 0) is 37.8 Å². The largest absolute Gasteiger partial charge is 0.371 e. The number of anilines is 1. The highest BCUT2D eigenvalue weighted by Crippen LogP contribution is 2.19. The van der Waals surface area contributed by atoms with Gasteiger partial charge >= 0.3 is 0 Å². The van der Waals surface area contributed by atoms with Crippen molar-refractivity contribution in [3.05, 3.63) is 24.5 Å². The van der Waals surface area contributed by atoms with Crippen LogP contribution in [0.5, 0.6) is 0 Å². The first-order chi connectivity index (χ1) is 10.3. The van der Waals surface area contributed by atoms with E-state index in [0.717, 1.165) is 45.3 Å². The van der Waals surface area contributed by atoms with Crippen LogP contribution in [0.15, 0.2) is 24.5 Å². The fourth-order valence-electron chi connectivity index (χ4n) is 2.81. The molecule has 1 saturated heterocycles. The SMILES string of the molecule is O=C(CCNC1CCN(c2ccncc2)CC1)NC1CC1. The highest BCUT2D eigenvalue weighted by Gasteiger charge is 2.23. The second-order valence-electron chi connectivity index (χ2n) is 6.01. The van der Waals surface area contributed by atoms with E-state index in [4.69, 9.17) is 0 Å². The molecular weight excluding hydrogens is 264 g/mol. The molecule has 5 heteroatoms. The molecule has 2 aliphatic rings. The second-order valence-corrected chi connectivity index (χ2v) is 6.01. The number of carbonyl (C=O) groups is 1. The Morgan fingerprint density at radius 2 is 1.86 bits per heavy atom. The molecule has 21 heavy (non-hydrogen) atoms. The van der Waals surface area contributed by atoms with E-state index in [1.165, 1.54) is 5.69 Å². The summed E-state index contributed by atoms with van der Waals surface area (Å²) in [4.78, 5) is 18.1. The number of rotatable bonds is 6. The van der Waals surface area contributed by atoms with E-state index in [2.05, 4.69) is 32.7 Å². The predicted octanol–water partition coefficient (Wildman–Crippen LogP) is 1.31. The van der Waals surface area contributed by atoms with Gasteiger partial charge in [0.25, 0.3) is 0 Å². The molecule has 1 aromatic heterocycles. The summed E-state index contributed by atoms with van der Waals surface area (Å²) in [5, 5.41) is 6.55. The predicted molar refractivity (Wildman–Crippen MR) is 83.3 cm³/mol. The summed E-state index contributed by atoms with van der Waals surface area (Å²) < 4.78 is 0. The van der Waals surface area contributed by atoms with Crippen molar-refractivity contribution in [2.45, 2.75) is 44.2 Å². The third-order valence-corrected chi connectivity index (χ3v) is 4.25. The van der Waals surface area contributed by atoms with Gasteiger partial charge < -0.3 is 15.5 Å². The van der Waals surface area contributed by atoms with Gasteiger partial charge in [0.05, 0.1) is 0 Å². The zero-order valence-corrected chi connectivity index (χ0v) is 12.4. The van der Waals surface area contributed by atoms with Gasteiger partial charge in [0.2, 0.25) is 5.91 Å². The zero-order chi connectivity index (χ0) is 14.5. The Morgan fingerprint density at radius 1 is 1.14 bits per heavy atom. The van der Waals surface area contributed by atoms with Crippen LogP contribution < -0.4 is 15.5 Å². The lowest BCUT2D eigenvalue weighted by Gasteiger charge is -2.34. The standard InChI is InChI=1S/C16H24N4O/c21-16(19-14-1-2-14)5-10-18-13-6-11-20(12-7-13)15-3-8-17-9-4-15/h3-4,8-9,13-14,18H,1-2,5-7,10-12H2,(H,19,21). The van der Waals surface area contributed by atoms with Crippen molar-refractivity contribution >= 4 is 11.6 Å². The highest BCUT2D eigenvalue weighted by atomic mass is 16.1. The van der Waals surface area contributed by atoms with Crippen LogP contribution in [0, 0.1) is 0 Å². The molecule has 0 spiro atoms. The van der Waals surface area contributed by atoms with Gasteiger partial charge in [-0.25, -0.2) is 0 Å².